The smallest absolute Gasteiger partial charge is 0.327 e. The number of carboxylic acids is 1. The average Bonchev–Trinajstić information content (AvgIpc) is 3.13. The predicted octanol–water partition coefficient (Wildman–Crippen LogP) is 2.32. The number of thioether (sulfide) groups is 1. The second-order valence-corrected chi connectivity index (χ2v) is 7.35. The average molecular weight is 300 g/mol. The van der Waals surface area contributed by atoms with Crippen molar-refractivity contribution in [2.45, 2.75) is 51.1 Å². The van der Waals surface area contributed by atoms with Gasteiger partial charge in [-0.3, -0.25) is 4.90 Å². The van der Waals surface area contributed by atoms with Crippen LogP contribution in [0, 0.1) is 11.8 Å². The van der Waals surface area contributed by atoms with Crippen LogP contribution >= 0.6 is 11.8 Å². The van der Waals surface area contributed by atoms with Gasteiger partial charge in [-0.1, -0.05) is 13.8 Å². The molecule has 0 radical (unpaired) electrons. The molecule has 5 nitrogen and oxygen atoms in total. The molecule has 20 heavy (non-hydrogen) atoms. The van der Waals surface area contributed by atoms with Crippen molar-refractivity contribution < 1.29 is 14.7 Å². The van der Waals surface area contributed by atoms with Crippen molar-refractivity contribution in [3.8, 4) is 0 Å². The number of carboxylic acid groups (broad SMARTS) is 1. The Morgan fingerprint density at radius 1 is 1.30 bits per heavy atom. The van der Waals surface area contributed by atoms with Crippen molar-refractivity contribution in [3.05, 3.63) is 0 Å². The lowest BCUT2D eigenvalue weighted by Gasteiger charge is -2.35. The van der Waals surface area contributed by atoms with Gasteiger partial charge in [0, 0.05) is 18.8 Å². The molecule has 0 aromatic rings. The van der Waals surface area contributed by atoms with Crippen LogP contribution in [0.2, 0.25) is 0 Å². The lowest BCUT2D eigenvalue weighted by molar-refractivity contribution is -0.141. The molecule has 0 aromatic carbocycles. The first-order valence-corrected chi connectivity index (χ1v) is 8.29. The summed E-state index contributed by atoms with van der Waals surface area (Å²) < 4.78 is 0. The maximum absolute atomic E-state index is 12.7. The Morgan fingerprint density at radius 2 is 1.90 bits per heavy atom. The van der Waals surface area contributed by atoms with Crippen LogP contribution in [0.4, 0.5) is 4.79 Å². The van der Waals surface area contributed by atoms with E-state index in [0.717, 1.165) is 0 Å². The quantitative estimate of drug-likeness (QED) is 0.865. The number of rotatable bonds is 4. The van der Waals surface area contributed by atoms with Gasteiger partial charge in [-0.15, -0.1) is 11.8 Å². The van der Waals surface area contributed by atoms with Gasteiger partial charge < -0.3 is 10.0 Å². The Kier molecular flexibility index (Phi) is 4.52. The van der Waals surface area contributed by atoms with Crippen molar-refractivity contribution in [1.29, 1.82) is 0 Å². The van der Waals surface area contributed by atoms with Gasteiger partial charge in [0.2, 0.25) is 0 Å². The molecule has 1 saturated heterocycles. The summed E-state index contributed by atoms with van der Waals surface area (Å²) in [7, 11) is 1.80. The van der Waals surface area contributed by atoms with Crippen molar-refractivity contribution in [1.82, 2.24) is 9.80 Å². The van der Waals surface area contributed by atoms with Gasteiger partial charge in [0.05, 0.1) is 5.37 Å². The van der Waals surface area contributed by atoms with E-state index in [1.807, 2.05) is 13.8 Å². The number of carbonyl (C=O) groups excluding carboxylic acids is 1. The molecule has 2 aliphatic rings. The highest BCUT2D eigenvalue weighted by Gasteiger charge is 2.45. The van der Waals surface area contributed by atoms with Crippen LogP contribution in [-0.4, -0.2) is 57.2 Å². The van der Waals surface area contributed by atoms with Crippen LogP contribution in [0.25, 0.3) is 0 Å². The molecule has 1 saturated carbocycles. The maximum atomic E-state index is 12.7. The fourth-order valence-corrected chi connectivity index (χ4v) is 4.19. The van der Waals surface area contributed by atoms with Gasteiger partial charge >= 0.3 is 12.0 Å². The van der Waals surface area contributed by atoms with E-state index in [-0.39, 0.29) is 23.4 Å². The molecule has 1 aliphatic carbocycles. The normalized spacial score (nSPS) is 27.8. The molecule has 2 rings (SSSR count). The standard InChI is InChI=1S/C14H24N2O3S/c1-8(2)12-16(11(7-20-12)13(17)18)14(19)15(4)9(3)10-5-6-10/h8-12H,5-7H2,1-4H3,(H,17,18). The molecular formula is C14H24N2O3S. The second kappa shape index (κ2) is 5.84. The highest BCUT2D eigenvalue weighted by molar-refractivity contribution is 8.00. The molecule has 0 bridgehead atoms. The van der Waals surface area contributed by atoms with E-state index in [1.54, 1.807) is 28.6 Å². The van der Waals surface area contributed by atoms with Gasteiger partial charge in [-0.05, 0) is 31.6 Å². The molecule has 0 aromatic heterocycles. The minimum atomic E-state index is -0.901. The molecule has 1 aliphatic heterocycles. The zero-order valence-electron chi connectivity index (χ0n) is 12.6. The number of hydrogen-bond acceptors (Lipinski definition) is 3. The Balaban J connectivity index is 2.15. The van der Waals surface area contributed by atoms with Crippen LogP contribution in [0.3, 0.4) is 0 Å². The summed E-state index contributed by atoms with van der Waals surface area (Å²) in [6.07, 6.45) is 2.34. The van der Waals surface area contributed by atoms with Crippen molar-refractivity contribution >= 4 is 23.8 Å². The lowest BCUT2D eigenvalue weighted by atomic mass is 10.1. The molecular weight excluding hydrogens is 276 g/mol. The fraction of sp³-hybridized carbons (Fsp3) is 0.857. The van der Waals surface area contributed by atoms with Crippen LogP contribution in [0.5, 0.6) is 0 Å². The van der Waals surface area contributed by atoms with Crippen molar-refractivity contribution in [2.24, 2.45) is 11.8 Å². The topological polar surface area (TPSA) is 60.9 Å². The third-order valence-corrected chi connectivity index (χ3v) is 5.95. The third-order valence-electron chi connectivity index (χ3n) is 4.33. The molecule has 0 spiro atoms. The first-order chi connectivity index (χ1) is 9.34. The number of carbonyl (C=O) groups is 2. The molecule has 6 heteroatoms. The Morgan fingerprint density at radius 3 is 2.35 bits per heavy atom. The number of hydrogen-bond donors (Lipinski definition) is 1. The summed E-state index contributed by atoms with van der Waals surface area (Å²) in [4.78, 5) is 27.4. The monoisotopic (exact) mass is 300 g/mol. The minimum Gasteiger partial charge on any atom is -0.480 e. The first-order valence-electron chi connectivity index (χ1n) is 7.24. The summed E-state index contributed by atoms with van der Waals surface area (Å²) >= 11 is 1.57. The van der Waals surface area contributed by atoms with Crippen LogP contribution in [0.1, 0.15) is 33.6 Å². The van der Waals surface area contributed by atoms with E-state index < -0.39 is 12.0 Å². The number of aliphatic carboxylic acids is 1. The lowest BCUT2D eigenvalue weighted by Crippen LogP contribution is -2.53. The first kappa shape index (κ1) is 15.5. The highest BCUT2D eigenvalue weighted by atomic mass is 32.2. The third kappa shape index (κ3) is 2.90. The second-order valence-electron chi connectivity index (χ2n) is 6.20. The van der Waals surface area contributed by atoms with E-state index in [1.165, 1.54) is 12.8 Å². The van der Waals surface area contributed by atoms with E-state index in [2.05, 4.69) is 6.92 Å². The highest BCUT2D eigenvalue weighted by Crippen LogP contribution is 2.38. The van der Waals surface area contributed by atoms with Crippen LogP contribution in [0.15, 0.2) is 0 Å². The van der Waals surface area contributed by atoms with Gasteiger partial charge in [0.25, 0.3) is 0 Å². The fourth-order valence-electron chi connectivity index (χ4n) is 2.72. The number of nitrogens with zero attached hydrogens (tertiary/aromatic N) is 2. The van der Waals surface area contributed by atoms with Crippen LogP contribution in [-0.2, 0) is 4.79 Å². The van der Waals surface area contributed by atoms with E-state index >= 15 is 0 Å². The SMILES string of the molecule is CC(C)C1SCC(C(=O)O)N1C(=O)N(C)C(C)C1CC1. The molecule has 2 amide bonds. The minimum absolute atomic E-state index is 0.0440. The van der Waals surface area contributed by atoms with E-state index in [9.17, 15) is 14.7 Å². The summed E-state index contributed by atoms with van der Waals surface area (Å²) in [5, 5.41) is 9.30. The van der Waals surface area contributed by atoms with E-state index in [0.29, 0.717) is 11.7 Å². The van der Waals surface area contributed by atoms with Crippen molar-refractivity contribution in [3.63, 3.8) is 0 Å². The maximum Gasteiger partial charge on any atom is 0.327 e. The Bertz CT molecular complexity index is 398. The summed E-state index contributed by atoms with van der Waals surface area (Å²) in [6, 6.07) is -0.649. The van der Waals surface area contributed by atoms with Gasteiger partial charge in [0.1, 0.15) is 6.04 Å². The molecule has 2 fully saturated rings. The molecule has 1 N–H and O–H groups in total. The largest absolute Gasteiger partial charge is 0.480 e. The van der Waals surface area contributed by atoms with Crippen molar-refractivity contribution in [2.75, 3.05) is 12.8 Å². The van der Waals surface area contributed by atoms with Gasteiger partial charge in [0.15, 0.2) is 0 Å². The predicted molar refractivity (Wildman–Crippen MR) is 79.7 cm³/mol. The zero-order valence-corrected chi connectivity index (χ0v) is 13.4. The summed E-state index contributed by atoms with van der Waals surface area (Å²) in [6.45, 7) is 6.12. The van der Waals surface area contributed by atoms with Gasteiger partial charge in [-0.25, -0.2) is 9.59 Å². The molecule has 1 heterocycles. The summed E-state index contributed by atoms with van der Waals surface area (Å²) in [5.41, 5.74) is 0. The number of amides is 2. The molecule has 3 unspecified atom stereocenters. The van der Waals surface area contributed by atoms with Gasteiger partial charge in [-0.2, -0.15) is 0 Å². The zero-order chi connectivity index (χ0) is 15.0. The Labute approximate surface area is 124 Å². The van der Waals surface area contributed by atoms with Crippen LogP contribution < -0.4 is 0 Å². The summed E-state index contributed by atoms with van der Waals surface area (Å²) in [5.74, 6) is 0.412. The molecule has 114 valence electrons. The Hall–Kier alpha value is -0.910. The molecule has 3 atom stereocenters. The van der Waals surface area contributed by atoms with E-state index in [4.69, 9.17) is 0 Å². The number of urea groups is 1.